The molecular formula is C18H21NO2. The molecular weight excluding hydrogens is 262 g/mol. The molecule has 1 aromatic carbocycles. The minimum absolute atomic E-state index is 0.341. The third-order valence-electron chi connectivity index (χ3n) is 5.99. The van der Waals surface area contributed by atoms with E-state index in [9.17, 15) is 5.11 Å². The van der Waals surface area contributed by atoms with Gasteiger partial charge in [0.15, 0.2) is 0 Å². The zero-order chi connectivity index (χ0) is 14.1. The Morgan fingerprint density at radius 2 is 2.19 bits per heavy atom. The van der Waals surface area contributed by atoms with E-state index in [4.69, 9.17) is 4.42 Å². The zero-order valence-electron chi connectivity index (χ0n) is 12.4. The first kappa shape index (κ1) is 12.1. The lowest BCUT2D eigenvalue weighted by molar-refractivity contribution is -0.00881. The number of phenols is 1. The molecule has 2 unspecified atom stereocenters. The summed E-state index contributed by atoms with van der Waals surface area (Å²) < 4.78 is 6.27. The molecule has 5 atom stereocenters. The molecule has 1 aliphatic carbocycles. The van der Waals surface area contributed by atoms with Crippen LogP contribution in [-0.4, -0.2) is 29.1 Å². The van der Waals surface area contributed by atoms with Crippen LogP contribution >= 0.6 is 0 Å². The summed E-state index contributed by atoms with van der Waals surface area (Å²) in [7, 11) is 0. The van der Waals surface area contributed by atoms with E-state index in [-0.39, 0.29) is 0 Å². The van der Waals surface area contributed by atoms with Gasteiger partial charge in [-0.05, 0) is 49.3 Å². The van der Waals surface area contributed by atoms with Crippen molar-refractivity contribution in [2.75, 3.05) is 13.1 Å². The van der Waals surface area contributed by atoms with Gasteiger partial charge in [-0.15, -0.1) is 0 Å². The maximum Gasteiger partial charge on any atom is 0.134 e. The number of benzene rings is 1. The third-order valence-corrected chi connectivity index (χ3v) is 5.99. The lowest BCUT2D eigenvalue weighted by atomic mass is 9.67. The molecule has 3 heteroatoms. The Morgan fingerprint density at radius 3 is 3.05 bits per heavy atom. The van der Waals surface area contributed by atoms with Crippen molar-refractivity contribution in [1.82, 2.24) is 4.90 Å². The van der Waals surface area contributed by atoms with Crippen LogP contribution in [0.3, 0.4) is 0 Å². The van der Waals surface area contributed by atoms with Gasteiger partial charge in [-0.1, -0.05) is 6.92 Å². The summed E-state index contributed by atoms with van der Waals surface area (Å²) in [4.78, 5) is 2.71. The van der Waals surface area contributed by atoms with E-state index >= 15 is 0 Å². The van der Waals surface area contributed by atoms with E-state index in [0.29, 0.717) is 17.7 Å². The molecule has 2 saturated heterocycles. The molecule has 0 spiro atoms. The molecule has 4 heterocycles. The normalized spacial score (nSPS) is 37.5. The monoisotopic (exact) mass is 283 g/mol. The Balaban J connectivity index is 1.72. The molecule has 21 heavy (non-hydrogen) atoms. The summed E-state index contributed by atoms with van der Waals surface area (Å²) in [6.45, 7) is 4.83. The molecule has 3 fully saturated rings. The Labute approximate surface area is 124 Å². The minimum Gasteiger partial charge on any atom is -0.508 e. The van der Waals surface area contributed by atoms with Gasteiger partial charge in [0.05, 0.1) is 0 Å². The molecule has 4 bridgehead atoms. The SMILES string of the molecule is C[C@H]1C[C@H]2C[C@H]3c4oc5ccc(O)cc5c4CCN(C2)C13. The molecule has 1 N–H and O–H groups in total. The van der Waals surface area contributed by atoms with E-state index in [0.717, 1.165) is 35.8 Å². The van der Waals surface area contributed by atoms with E-state index in [2.05, 4.69) is 11.8 Å². The minimum atomic E-state index is 0.341. The summed E-state index contributed by atoms with van der Waals surface area (Å²) in [6, 6.07) is 6.18. The van der Waals surface area contributed by atoms with Crippen LogP contribution in [0.2, 0.25) is 0 Å². The molecule has 0 amide bonds. The molecule has 110 valence electrons. The molecule has 2 aromatic rings. The molecule has 3 aliphatic heterocycles. The van der Waals surface area contributed by atoms with Crippen molar-refractivity contribution in [2.24, 2.45) is 11.8 Å². The smallest absolute Gasteiger partial charge is 0.134 e. The van der Waals surface area contributed by atoms with Gasteiger partial charge in [-0.2, -0.15) is 0 Å². The highest BCUT2D eigenvalue weighted by atomic mass is 16.3. The first-order valence-corrected chi connectivity index (χ1v) is 8.19. The van der Waals surface area contributed by atoms with Gasteiger partial charge in [-0.3, -0.25) is 4.90 Å². The summed E-state index contributed by atoms with van der Waals surface area (Å²) in [6.07, 6.45) is 3.72. The summed E-state index contributed by atoms with van der Waals surface area (Å²) in [5, 5.41) is 10.9. The van der Waals surface area contributed by atoms with E-state index in [1.807, 2.05) is 12.1 Å². The number of phenolic OH excluding ortho intramolecular Hbond substituents is 1. The first-order chi connectivity index (χ1) is 10.2. The maximum atomic E-state index is 9.80. The highest BCUT2D eigenvalue weighted by molar-refractivity contribution is 5.84. The van der Waals surface area contributed by atoms with Crippen LogP contribution in [0.1, 0.15) is 37.0 Å². The molecule has 1 saturated carbocycles. The van der Waals surface area contributed by atoms with Gasteiger partial charge in [0, 0.05) is 36.0 Å². The van der Waals surface area contributed by atoms with E-state index < -0.39 is 0 Å². The van der Waals surface area contributed by atoms with Gasteiger partial charge in [0.25, 0.3) is 0 Å². The fourth-order valence-electron chi connectivity index (χ4n) is 5.34. The van der Waals surface area contributed by atoms with Crippen LogP contribution in [0.25, 0.3) is 11.0 Å². The van der Waals surface area contributed by atoms with Crippen molar-refractivity contribution in [3.8, 4) is 5.75 Å². The first-order valence-electron chi connectivity index (χ1n) is 8.19. The van der Waals surface area contributed by atoms with Crippen molar-refractivity contribution < 1.29 is 9.52 Å². The largest absolute Gasteiger partial charge is 0.508 e. The Bertz CT molecular complexity index is 719. The number of nitrogens with zero attached hydrogens (tertiary/aromatic N) is 1. The Morgan fingerprint density at radius 1 is 1.29 bits per heavy atom. The lowest BCUT2D eigenvalue weighted by Crippen LogP contribution is -2.55. The number of hydrogen-bond acceptors (Lipinski definition) is 3. The number of hydrogen-bond donors (Lipinski definition) is 1. The van der Waals surface area contributed by atoms with E-state index in [1.54, 1.807) is 6.07 Å². The predicted octanol–water partition coefficient (Wildman–Crippen LogP) is 3.51. The second-order valence-corrected chi connectivity index (χ2v) is 7.28. The Kier molecular flexibility index (Phi) is 2.33. The molecule has 1 aromatic heterocycles. The van der Waals surface area contributed by atoms with Gasteiger partial charge < -0.3 is 9.52 Å². The lowest BCUT2D eigenvalue weighted by Gasteiger charge is -2.52. The van der Waals surface area contributed by atoms with Crippen LogP contribution in [-0.2, 0) is 6.42 Å². The van der Waals surface area contributed by atoms with Crippen LogP contribution in [0.4, 0.5) is 0 Å². The van der Waals surface area contributed by atoms with Crippen molar-refractivity contribution in [3.05, 3.63) is 29.5 Å². The average molecular weight is 283 g/mol. The summed E-state index contributed by atoms with van der Waals surface area (Å²) >= 11 is 0. The molecule has 3 nitrogen and oxygen atoms in total. The second-order valence-electron chi connectivity index (χ2n) is 7.28. The van der Waals surface area contributed by atoms with Gasteiger partial charge in [0.1, 0.15) is 17.1 Å². The Hall–Kier alpha value is -1.48. The van der Waals surface area contributed by atoms with Crippen molar-refractivity contribution >= 4 is 11.0 Å². The summed E-state index contributed by atoms with van der Waals surface area (Å²) in [5.74, 6) is 3.73. The molecule has 6 rings (SSSR count). The summed E-state index contributed by atoms with van der Waals surface area (Å²) in [5.41, 5.74) is 2.30. The topological polar surface area (TPSA) is 36.6 Å². The van der Waals surface area contributed by atoms with Gasteiger partial charge >= 0.3 is 0 Å². The highest BCUT2D eigenvalue weighted by Gasteiger charge is 2.48. The predicted molar refractivity (Wildman–Crippen MR) is 81.6 cm³/mol. The van der Waals surface area contributed by atoms with Crippen molar-refractivity contribution in [1.29, 1.82) is 0 Å². The number of piperidine rings is 2. The maximum absolute atomic E-state index is 9.80. The van der Waals surface area contributed by atoms with Crippen LogP contribution in [0, 0.1) is 11.8 Å². The van der Waals surface area contributed by atoms with Crippen LogP contribution in [0.5, 0.6) is 5.75 Å². The number of rotatable bonds is 0. The highest BCUT2D eigenvalue weighted by Crippen LogP contribution is 2.51. The van der Waals surface area contributed by atoms with E-state index in [1.165, 1.54) is 30.7 Å². The van der Waals surface area contributed by atoms with Crippen LogP contribution < -0.4 is 0 Å². The van der Waals surface area contributed by atoms with Crippen molar-refractivity contribution in [2.45, 2.75) is 38.1 Å². The number of furan rings is 1. The molecule has 0 radical (unpaired) electrons. The fourth-order valence-corrected chi connectivity index (χ4v) is 5.34. The standard InChI is InChI=1S/C18H21NO2/c1-10-6-11-7-15-17(10)19(9-11)5-4-13-14-8-12(20)2-3-16(14)21-18(13)15/h2-3,8,10-11,15,17,20H,4-7,9H2,1H3/t10-,11-,15+,17?/m0/s1. The second kappa shape index (κ2) is 4.04. The zero-order valence-corrected chi connectivity index (χ0v) is 12.4. The van der Waals surface area contributed by atoms with Crippen molar-refractivity contribution in [3.63, 3.8) is 0 Å². The third kappa shape index (κ3) is 1.58. The van der Waals surface area contributed by atoms with Crippen LogP contribution in [0.15, 0.2) is 22.6 Å². The number of aromatic hydroxyl groups is 1. The average Bonchev–Trinajstić information content (AvgIpc) is 2.77. The molecule has 4 aliphatic rings. The number of fused-ring (bicyclic) bond motifs is 4. The fraction of sp³-hybridized carbons (Fsp3) is 0.556. The van der Waals surface area contributed by atoms with Gasteiger partial charge in [-0.25, -0.2) is 0 Å². The van der Waals surface area contributed by atoms with Gasteiger partial charge in [0.2, 0.25) is 0 Å². The quantitative estimate of drug-likeness (QED) is 0.804.